The molecule has 1 aromatic carbocycles. The molecule has 1 saturated heterocycles. The van der Waals surface area contributed by atoms with Crippen molar-refractivity contribution in [1.82, 2.24) is 9.46 Å². The van der Waals surface area contributed by atoms with Crippen molar-refractivity contribution in [1.29, 1.82) is 0 Å². The number of aryl methyl sites for hydroxylation is 1. The van der Waals surface area contributed by atoms with E-state index in [0.717, 1.165) is 49.1 Å². The molecule has 0 bridgehead atoms. The minimum atomic E-state index is -3.68. The van der Waals surface area contributed by atoms with Crippen molar-refractivity contribution in [3.05, 3.63) is 41.3 Å². The van der Waals surface area contributed by atoms with Gasteiger partial charge in [0.05, 0.1) is 10.6 Å². The van der Waals surface area contributed by atoms with Crippen molar-refractivity contribution < 1.29 is 22.1 Å². The van der Waals surface area contributed by atoms with Crippen LogP contribution in [0.25, 0.3) is 0 Å². The third kappa shape index (κ3) is 3.68. The van der Waals surface area contributed by atoms with Gasteiger partial charge in [-0.05, 0) is 62.8 Å². The summed E-state index contributed by atoms with van der Waals surface area (Å²) in [6.07, 6.45) is 4.69. The number of amides is 1. The molecule has 0 radical (unpaired) electrons. The van der Waals surface area contributed by atoms with Crippen LogP contribution in [0.15, 0.2) is 33.7 Å². The van der Waals surface area contributed by atoms with Crippen molar-refractivity contribution in [3.8, 4) is 0 Å². The fraction of sp³-hybridized carbons (Fsp3) is 0.474. The maximum absolute atomic E-state index is 13.1. The minimum Gasteiger partial charge on any atom is -0.338 e. The predicted octanol–water partition coefficient (Wildman–Crippen LogP) is 2.73. The van der Waals surface area contributed by atoms with Crippen LogP contribution in [0.3, 0.4) is 0 Å². The number of nitrogens with zero attached hydrogens (tertiary/aromatic N) is 2. The van der Waals surface area contributed by atoms with Gasteiger partial charge in [-0.3, -0.25) is 10.1 Å². The molecule has 2 heterocycles. The summed E-state index contributed by atoms with van der Waals surface area (Å²) in [6.45, 7) is 0.485. The Morgan fingerprint density at radius 1 is 1.14 bits per heavy atom. The highest BCUT2D eigenvalue weighted by molar-refractivity contribution is 7.89. The van der Waals surface area contributed by atoms with E-state index in [0.29, 0.717) is 18.7 Å². The second-order valence-electron chi connectivity index (χ2n) is 7.27. The molecule has 2 aromatic rings. The monoisotopic (exact) mass is 407 g/mol. The first-order valence-electron chi connectivity index (χ1n) is 9.49. The Morgan fingerprint density at radius 3 is 2.54 bits per heavy atom. The molecule has 1 aliphatic carbocycles. The summed E-state index contributed by atoms with van der Waals surface area (Å²) < 4.78 is 45.0. The quantitative estimate of drug-likeness (QED) is 0.841. The maximum atomic E-state index is 13.1. The van der Waals surface area contributed by atoms with E-state index in [1.165, 1.54) is 16.4 Å². The van der Waals surface area contributed by atoms with E-state index in [4.69, 9.17) is 4.52 Å². The standard InChI is InChI=1S/C19H22FN3O4S/c20-14-5-7-15(8-6-14)28(25,26)23-11-9-13(10-12-23)18(24)21-19-16-3-1-2-4-17(16)22-27-19/h5-8,13H,1-4,9-12H2,(H,21,24). The zero-order valence-corrected chi connectivity index (χ0v) is 16.2. The SMILES string of the molecule is O=C(Nc1onc2c1CCCC2)C1CCN(S(=O)(=O)c2ccc(F)cc2)CC1. The number of rotatable bonds is 4. The van der Waals surface area contributed by atoms with Crippen LogP contribution in [0.4, 0.5) is 10.3 Å². The van der Waals surface area contributed by atoms with Crippen LogP contribution in [0.2, 0.25) is 0 Å². The Balaban J connectivity index is 1.38. The topological polar surface area (TPSA) is 92.5 Å². The molecule has 2 aliphatic rings. The molecule has 9 heteroatoms. The second-order valence-corrected chi connectivity index (χ2v) is 9.20. The van der Waals surface area contributed by atoms with Gasteiger partial charge in [-0.1, -0.05) is 5.16 Å². The lowest BCUT2D eigenvalue weighted by Gasteiger charge is -2.30. The average molecular weight is 407 g/mol. The number of nitrogens with one attached hydrogen (secondary N) is 1. The van der Waals surface area contributed by atoms with Crippen molar-refractivity contribution in [2.24, 2.45) is 5.92 Å². The molecule has 1 aliphatic heterocycles. The van der Waals surface area contributed by atoms with E-state index in [1.54, 1.807) is 0 Å². The van der Waals surface area contributed by atoms with E-state index in [-0.39, 0.29) is 29.8 Å². The molecule has 1 amide bonds. The molecule has 150 valence electrons. The van der Waals surface area contributed by atoms with Crippen LogP contribution in [0, 0.1) is 11.7 Å². The number of carbonyl (C=O) groups excluding carboxylic acids is 1. The van der Waals surface area contributed by atoms with Crippen molar-refractivity contribution >= 4 is 21.8 Å². The first-order chi connectivity index (χ1) is 13.4. The summed E-state index contributed by atoms with van der Waals surface area (Å²) in [7, 11) is -3.68. The van der Waals surface area contributed by atoms with Gasteiger partial charge in [0.2, 0.25) is 21.8 Å². The number of fused-ring (bicyclic) bond motifs is 1. The molecular formula is C19H22FN3O4S. The van der Waals surface area contributed by atoms with E-state index >= 15 is 0 Å². The van der Waals surface area contributed by atoms with Gasteiger partial charge in [0, 0.05) is 24.6 Å². The summed E-state index contributed by atoms with van der Waals surface area (Å²) in [4.78, 5) is 12.7. The van der Waals surface area contributed by atoms with Crippen molar-refractivity contribution in [2.45, 2.75) is 43.4 Å². The molecule has 0 unspecified atom stereocenters. The lowest BCUT2D eigenvalue weighted by molar-refractivity contribution is -0.121. The summed E-state index contributed by atoms with van der Waals surface area (Å²) in [5, 5.41) is 6.87. The number of halogens is 1. The van der Waals surface area contributed by atoms with Crippen LogP contribution in [-0.2, 0) is 27.7 Å². The summed E-state index contributed by atoms with van der Waals surface area (Å²) in [5.74, 6) is -0.502. The Hall–Kier alpha value is -2.26. The van der Waals surface area contributed by atoms with Crippen molar-refractivity contribution in [2.75, 3.05) is 18.4 Å². The molecule has 28 heavy (non-hydrogen) atoms. The first kappa shape index (κ1) is 19.1. The highest BCUT2D eigenvalue weighted by Gasteiger charge is 2.33. The van der Waals surface area contributed by atoms with Crippen LogP contribution in [-0.4, -0.2) is 36.9 Å². The molecule has 1 aromatic heterocycles. The Bertz CT molecular complexity index is 964. The summed E-state index contributed by atoms with van der Waals surface area (Å²) in [6, 6.07) is 4.78. The second kappa shape index (κ2) is 7.63. The largest absolute Gasteiger partial charge is 0.338 e. The van der Waals surface area contributed by atoms with Gasteiger partial charge >= 0.3 is 0 Å². The van der Waals surface area contributed by atoms with Gasteiger partial charge < -0.3 is 4.52 Å². The maximum Gasteiger partial charge on any atom is 0.243 e. The fourth-order valence-electron chi connectivity index (χ4n) is 3.82. The van der Waals surface area contributed by atoms with Gasteiger partial charge in [0.15, 0.2) is 0 Å². The highest BCUT2D eigenvalue weighted by Crippen LogP contribution is 2.29. The molecule has 0 spiro atoms. The van der Waals surface area contributed by atoms with Crippen LogP contribution in [0.5, 0.6) is 0 Å². The zero-order valence-electron chi connectivity index (χ0n) is 15.4. The molecule has 1 fully saturated rings. The number of aromatic nitrogens is 1. The fourth-order valence-corrected chi connectivity index (χ4v) is 5.29. The van der Waals surface area contributed by atoms with Crippen LogP contribution < -0.4 is 5.32 Å². The number of benzene rings is 1. The zero-order chi connectivity index (χ0) is 19.7. The molecule has 7 nitrogen and oxygen atoms in total. The Kier molecular flexibility index (Phi) is 5.20. The first-order valence-corrected chi connectivity index (χ1v) is 10.9. The molecular weight excluding hydrogens is 385 g/mol. The molecule has 0 saturated carbocycles. The number of hydrogen-bond acceptors (Lipinski definition) is 5. The van der Waals surface area contributed by atoms with Crippen molar-refractivity contribution in [3.63, 3.8) is 0 Å². The third-order valence-corrected chi connectivity index (χ3v) is 7.39. The molecule has 0 atom stereocenters. The number of hydrogen-bond donors (Lipinski definition) is 1. The van der Waals surface area contributed by atoms with Gasteiger partial charge in [-0.15, -0.1) is 0 Å². The molecule has 1 N–H and O–H groups in total. The Morgan fingerprint density at radius 2 is 1.82 bits per heavy atom. The van der Waals surface area contributed by atoms with Gasteiger partial charge in [0.1, 0.15) is 5.82 Å². The number of sulfonamides is 1. The Labute approximate surface area is 162 Å². The van der Waals surface area contributed by atoms with Crippen LogP contribution in [0.1, 0.15) is 36.9 Å². The third-order valence-electron chi connectivity index (χ3n) is 5.47. The van der Waals surface area contributed by atoms with Gasteiger partial charge in [-0.2, -0.15) is 4.31 Å². The lowest BCUT2D eigenvalue weighted by atomic mass is 9.96. The predicted molar refractivity (Wildman–Crippen MR) is 99.7 cm³/mol. The van der Waals surface area contributed by atoms with Gasteiger partial charge in [-0.25, -0.2) is 12.8 Å². The summed E-state index contributed by atoms with van der Waals surface area (Å²) in [5.41, 5.74) is 1.90. The lowest BCUT2D eigenvalue weighted by Crippen LogP contribution is -2.41. The number of piperidine rings is 1. The number of anilines is 1. The van der Waals surface area contributed by atoms with Gasteiger partial charge in [0.25, 0.3) is 0 Å². The molecule has 4 rings (SSSR count). The normalized spacial score (nSPS) is 18.6. The smallest absolute Gasteiger partial charge is 0.243 e. The van der Waals surface area contributed by atoms with E-state index in [2.05, 4.69) is 10.5 Å². The average Bonchev–Trinajstić information content (AvgIpc) is 3.11. The van der Waals surface area contributed by atoms with E-state index in [9.17, 15) is 17.6 Å². The van der Waals surface area contributed by atoms with Crippen LogP contribution >= 0.6 is 0 Å². The summed E-state index contributed by atoms with van der Waals surface area (Å²) >= 11 is 0. The van der Waals surface area contributed by atoms with E-state index < -0.39 is 15.8 Å². The minimum absolute atomic E-state index is 0.0603. The highest BCUT2D eigenvalue weighted by atomic mass is 32.2. The van der Waals surface area contributed by atoms with E-state index in [1.807, 2.05) is 0 Å². The number of carbonyl (C=O) groups is 1.